The summed E-state index contributed by atoms with van der Waals surface area (Å²) in [5, 5.41) is 0. The van der Waals surface area contributed by atoms with Gasteiger partial charge in [0.05, 0.1) is 14.2 Å². The smallest absolute Gasteiger partial charge is 0.123 e. The number of hydrogen-bond donors (Lipinski definition) is 1. The van der Waals surface area contributed by atoms with E-state index >= 15 is 0 Å². The molecule has 0 bridgehead atoms. The molecule has 0 saturated heterocycles. The van der Waals surface area contributed by atoms with Crippen LogP contribution in [0.4, 0.5) is 0 Å². The van der Waals surface area contributed by atoms with Crippen LogP contribution in [-0.2, 0) is 0 Å². The Morgan fingerprint density at radius 1 is 1.11 bits per heavy atom. The Bertz CT molecular complexity index is 448. The van der Waals surface area contributed by atoms with E-state index in [1.54, 1.807) is 14.2 Å². The van der Waals surface area contributed by atoms with Crippen LogP contribution in [0.5, 0.6) is 11.5 Å². The average Bonchev–Trinajstić information content (AvgIpc) is 3.20. The van der Waals surface area contributed by atoms with Crippen molar-refractivity contribution in [3.8, 4) is 11.5 Å². The summed E-state index contributed by atoms with van der Waals surface area (Å²) in [6.45, 7) is 0. The SMILES string of the molecule is COc1ccc(OC)c(C(N)C2C3CCCCC32)c1. The van der Waals surface area contributed by atoms with Crippen molar-refractivity contribution >= 4 is 0 Å². The van der Waals surface area contributed by atoms with E-state index in [1.165, 1.54) is 25.7 Å². The van der Waals surface area contributed by atoms with Crippen LogP contribution in [-0.4, -0.2) is 14.2 Å². The molecule has 0 aliphatic heterocycles. The number of rotatable bonds is 4. The van der Waals surface area contributed by atoms with Crippen molar-refractivity contribution in [2.75, 3.05) is 14.2 Å². The maximum atomic E-state index is 6.52. The minimum Gasteiger partial charge on any atom is -0.497 e. The highest BCUT2D eigenvalue weighted by atomic mass is 16.5. The van der Waals surface area contributed by atoms with Crippen molar-refractivity contribution in [3.63, 3.8) is 0 Å². The van der Waals surface area contributed by atoms with Crippen LogP contribution >= 0.6 is 0 Å². The summed E-state index contributed by atoms with van der Waals surface area (Å²) < 4.78 is 10.8. The maximum absolute atomic E-state index is 6.52. The molecule has 0 spiro atoms. The van der Waals surface area contributed by atoms with Gasteiger partial charge in [-0.15, -0.1) is 0 Å². The van der Waals surface area contributed by atoms with E-state index in [2.05, 4.69) is 0 Å². The van der Waals surface area contributed by atoms with Crippen molar-refractivity contribution in [2.45, 2.75) is 31.7 Å². The van der Waals surface area contributed by atoms with Crippen LogP contribution < -0.4 is 15.2 Å². The van der Waals surface area contributed by atoms with Crippen molar-refractivity contribution < 1.29 is 9.47 Å². The molecule has 0 heterocycles. The zero-order valence-electron chi connectivity index (χ0n) is 11.8. The van der Waals surface area contributed by atoms with Gasteiger partial charge in [-0.3, -0.25) is 0 Å². The summed E-state index contributed by atoms with van der Waals surface area (Å²) in [4.78, 5) is 0. The molecule has 3 unspecified atom stereocenters. The fourth-order valence-corrected chi connectivity index (χ4v) is 3.89. The van der Waals surface area contributed by atoms with Crippen LogP contribution in [0, 0.1) is 17.8 Å². The van der Waals surface area contributed by atoms with E-state index < -0.39 is 0 Å². The third-order valence-corrected chi connectivity index (χ3v) is 4.93. The molecule has 3 atom stereocenters. The Kier molecular flexibility index (Phi) is 3.40. The standard InChI is InChI=1S/C16H23NO2/c1-18-10-7-8-14(19-2)13(9-10)16(17)15-11-5-3-4-6-12(11)15/h7-9,11-12,15-16H,3-6,17H2,1-2H3. The van der Waals surface area contributed by atoms with E-state index in [-0.39, 0.29) is 6.04 Å². The number of hydrogen-bond acceptors (Lipinski definition) is 3. The van der Waals surface area contributed by atoms with Crippen LogP contribution in [0.2, 0.25) is 0 Å². The van der Waals surface area contributed by atoms with E-state index in [1.807, 2.05) is 18.2 Å². The number of benzene rings is 1. The van der Waals surface area contributed by atoms with Crippen LogP contribution in [0.15, 0.2) is 18.2 Å². The van der Waals surface area contributed by atoms with Crippen LogP contribution in [0.25, 0.3) is 0 Å². The molecule has 104 valence electrons. The molecule has 1 aromatic rings. The largest absolute Gasteiger partial charge is 0.497 e. The van der Waals surface area contributed by atoms with Gasteiger partial charge in [0.15, 0.2) is 0 Å². The molecular formula is C16H23NO2. The highest BCUT2D eigenvalue weighted by Crippen LogP contribution is 2.60. The lowest BCUT2D eigenvalue weighted by Crippen LogP contribution is -2.15. The van der Waals surface area contributed by atoms with Gasteiger partial charge in [0.25, 0.3) is 0 Å². The topological polar surface area (TPSA) is 44.5 Å². The minimum atomic E-state index is 0.0816. The van der Waals surface area contributed by atoms with Gasteiger partial charge in [-0.1, -0.05) is 12.8 Å². The molecule has 0 amide bonds. The molecule has 2 N–H and O–H groups in total. The van der Waals surface area contributed by atoms with E-state index in [4.69, 9.17) is 15.2 Å². The summed E-state index contributed by atoms with van der Waals surface area (Å²) in [5.41, 5.74) is 7.62. The predicted molar refractivity (Wildman–Crippen MR) is 75.4 cm³/mol. The molecule has 3 nitrogen and oxygen atoms in total. The van der Waals surface area contributed by atoms with Gasteiger partial charge in [-0.25, -0.2) is 0 Å². The monoisotopic (exact) mass is 261 g/mol. The lowest BCUT2D eigenvalue weighted by Gasteiger charge is -2.17. The van der Waals surface area contributed by atoms with E-state index in [9.17, 15) is 0 Å². The third kappa shape index (κ3) is 2.20. The number of methoxy groups -OCH3 is 2. The summed E-state index contributed by atoms with van der Waals surface area (Å²) in [5.74, 6) is 4.08. The van der Waals surface area contributed by atoms with Gasteiger partial charge in [-0.05, 0) is 48.8 Å². The fourth-order valence-electron chi connectivity index (χ4n) is 3.89. The van der Waals surface area contributed by atoms with Crippen LogP contribution in [0.1, 0.15) is 37.3 Å². The van der Waals surface area contributed by atoms with Gasteiger partial charge < -0.3 is 15.2 Å². The Labute approximate surface area is 115 Å². The predicted octanol–water partition coefficient (Wildman–Crippen LogP) is 3.14. The summed E-state index contributed by atoms with van der Waals surface area (Å²) >= 11 is 0. The Hall–Kier alpha value is -1.22. The molecule has 0 radical (unpaired) electrons. The van der Waals surface area contributed by atoms with Gasteiger partial charge in [0, 0.05) is 11.6 Å². The zero-order valence-corrected chi connectivity index (χ0v) is 11.8. The van der Waals surface area contributed by atoms with E-state index in [0.717, 1.165) is 28.9 Å². The molecule has 19 heavy (non-hydrogen) atoms. The lowest BCUT2D eigenvalue weighted by atomic mass is 9.99. The molecule has 2 aliphatic carbocycles. The molecule has 3 heteroatoms. The molecule has 0 aromatic heterocycles. The highest BCUT2D eigenvalue weighted by Gasteiger charge is 2.53. The van der Waals surface area contributed by atoms with Crippen LogP contribution in [0.3, 0.4) is 0 Å². The first-order valence-electron chi connectivity index (χ1n) is 7.23. The Balaban J connectivity index is 1.84. The third-order valence-electron chi connectivity index (χ3n) is 4.93. The van der Waals surface area contributed by atoms with Gasteiger partial charge in [0.2, 0.25) is 0 Å². The first kappa shape index (κ1) is 12.8. The second kappa shape index (κ2) is 5.04. The molecule has 3 rings (SSSR count). The quantitative estimate of drug-likeness (QED) is 0.905. The Morgan fingerprint density at radius 3 is 2.37 bits per heavy atom. The summed E-state index contributed by atoms with van der Waals surface area (Å²) in [7, 11) is 3.39. The molecular weight excluding hydrogens is 238 g/mol. The molecule has 1 aromatic carbocycles. The Morgan fingerprint density at radius 2 is 1.79 bits per heavy atom. The average molecular weight is 261 g/mol. The lowest BCUT2D eigenvalue weighted by molar-refractivity contribution is 0.390. The first-order chi connectivity index (χ1) is 9.26. The summed E-state index contributed by atoms with van der Waals surface area (Å²) in [6.07, 6.45) is 5.46. The van der Waals surface area contributed by atoms with Crippen molar-refractivity contribution in [3.05, 3.63) is 23.8 Å². The van der Waals surface area contributed by atoms with Crippen molar-refractivity contribution in [1.29, 1.82) is 0 Å². The number of fused-ring (bicyclic) bond motifs is 1. The molecule has 2 fully saturated rings. The first-order valence-corrected chi connectivity index (χ1v) is 7.23. The van der Waals surface area contributed by atoms with Crippen molar-refractivity contribution in [1.82, 2.24) is 0 Å². The minimum absolute atomic E-state index is 0.0816. The summed E-state index contributed by atoms with van der Waals surface area (Å²) in [6, 6.07) is 6.00. The number of nitrogens with two attached hydrogens (primary N) is 1. The zero-order chi connectivity index (χ0) is 13.4. The fraction of sp³-hybridized carbons (Fsp3) is 0.625. The number of ether oxygens (including phenoxy) is 2. The van der Waals surface area contributed by atoms with Gasteiger partial charge >= 0.3 is 0 Å². The van der Waals surface area contributed by atoms with Gasteiger partial charge in [-0.2, -0.15) is 0 Å². The normalized spacial score (nSPS) is 30.4. The second-order valence-corrected chi connectivity index (χ2v) is 5.82. The van der Waals surface area contributed by atoms with E-state index in [0.29, 0.717) is 5.92 Å². The van der Waals surface area contributed by atoms with Crippen molar-refractivity contribution in [2.24, 2.45) is 23.5 Å². The molecule has 2 aliphatic rings. The second-order valence-electron chi connectivity index (χ2n) is 5.82. The maximum Gasteiger partial charge on any atom is 0.123 e. The molecule has 2 saturated carbocycles. The highest BCUT2D eigenvalue weighted by molar-refractivity contribution is 5.43. The van der Waals surface area contributed by atoms with Gasteiger partial charge in [0.1, 0.15) is 11.5 Å².